The van der Waals surface area contributed by atoms with Crippen molar-refractivity contribution in [3.05, 3.63) is 54.1 Å². The Morgan fingerprint density at radius 3 is 2.14 bits per heavy atom. The number of urea groups is 2. The topological polar surface area (TPSA) is 111 Å². The van der Waals surface area contributed by atoms with Crippen LogP contribution in [0.15, 0.2) is 48.5 Å². The number of amides is 5. The molecule has 5 N–H and O–H groups in total. The first-order chi connectivity index (χ1) is 13.5. The molecule has 0 bridgehead atoms. The molecule has 8 nitrogen and oxygen atoms in total. The molecule has 5 amide bonds. The highest BCUT2D eigenvalue weighted by Crippen LogP contribution is 2.19. The average molecular weight is 381 g/mol. The van der Waals surface area contributed by atoms with Crippen LogP contribution in [0.4, 0.5) is 26.7 Å². The Morgan fingerprint density at radius 1 is 0.857 bits per heavy atom. The maximum Gasteiger partial charge on any atom is 0.319 e. The summed E-state index contributed by atoms with van der Waals surface area (Å²) in [6, 6.07) is 13.2. The molecular weight excluding hydrogens is 358 g/mol. The molecule has 1 saturated carbocycles. The van der Waals surface area contributed by atoms with Crippen LogP contribution < -0.4 is 26.6 Å². The fourth-order valence-electron chi connectivity index (χ4n) is 2.50. The molecule has 0 aliphatic heterocycles. The van der Waals surface area contributed by atoms with Crippen LogP contribution in [0.5, 0.6) is 0 Å². The van der Waals surface area contributed by atoms with Gasteiger partial charge in [-0.25, -0.2) is 9.59 Å². The van der Waals surface area contributed by atoms with E-state index in [9.17, 15) is 14.4 Å². The molecule has 2 aromatic rings. The van der Waals surface area contributed by atoms with Gasteiger partial charge in [0.05, 0.1) is 0 Å². The van der Waals surface area contributed by atoms with E-state index in [-0.39, 0.29) is 24.0 Å². The number of carbonyl (C=O) groups is 3. The lowest BCUT2D eigenvalue weighted by molar-refractivity contribution is 0.102. The molecule has 1 aliphatic carbocycles. The van der Waals surface area contributed by atoms with Crippen molar-refractivity contribution in [1.29, 1.82) is 0 Å². The molecule has 0 aromatic heterocycles. The molecular formula is C20H23N5O3. The lowest BCUT2D eigenvalue weighted by atomic mass is 10.2. The van der Waals surface area contributed by atoms with Crippen LogP contribution in [0.25, 0.3) is 0 Å². The van der Waals surface area contributed by atoms with Gasteiger partial charge in [0.25, 0.3) is 5.91 Å². The Labute approximate surface area is 163 Å². The van der Waals surface area contributed by atoms with Crippen LogP contribution in [0, 0.1) is 0 Å². The van der Waals surface area contributed by atoms with E-state index >= 15 is 0 Å². The number of nitrogens with one attached hydrogen (secondary N) is 5. The second-order valence-electron chi connectivity index (χ2n) is 6.47. The SMILES string of the molecule is CCNC(=O)Nc1cccc(NC(=O)c2ccc(NC(=O)NC3CC3)cc2)c1. The Morgan fingerprint density at radius 2 is 1.50 bits per heavy atom. The minimum Gasteiger partial charge on any atom is -0.338 e. The molecule has 28 heavy (non-hydrogen) atoms. The predicted octanol–water partition coefficient (Wildman–Crippen LogP) is 3.36. The fraction of sp³-hybridized carbons (Fsp3) is 0.250. The minimum absolute atomic E-state index is 0.240. The zero-order chi connectivity index (χ0) is 19.9. The first-order valence-electron chi connectivity index (χ1n) is 9.17. The summed E-state index contributed by atoms with van der Waals surface area (Å²) in [7, 11) is 0. The van der Waals surface area contributed by atoms with Crippen molar-refractivity contribution >= 4 is 35.0 Å². The summed E-state index contributed by atoms with van der Waals surface area (Å²) in [6.45, 7) is 2.35. The molecule has 146 valence electrons. The van der Waals surface area contributed by atoms with Gasteiger partial charge in [-0.1, -0.05) is 6.07 Å². The highest BCUT2D eigenvalue weighted by atomic mass is 16.2. The van der Waals surface area contributed by atoms with Gasteiger partial charge >= 0.3 is 12.1 Å². The molecule has 0 atom stereocenters. The average Bonchev–Trinajstić information content (AvgIpc) is 3.46. The van der Waals surface area contributed by atoms with E-state index in [1.54, 1.807) is 48.5 Å². The number of carbonyl (C=O) groups excluding carboxylic acids is 3. The third-order valence-corrected chi connectivity index (χ3v) is 4.03. The Bertz CT molecular complexity index is 862. The van der Waals surface area contributed by atoms with Gasteiger partial charge in [-0.3, -0.25) is 4.79 Å². The van der Waals surface area contributed by atoms with E-state index < -0.39 is 0 Å². The molecule has 0 unspecified atom stereocenters. The molecule has 3 rings (SSSR count). The lowest BCUT2D eigenvalue weighted by Gasteiger charge is -2.10. The van der Waals surface area contributed by atoms with Crippen LogP contribution in [-0.4, -0.2) is 30.6 Å². The van der Waals surface area contributed by atoms with Gasteiger partial charge in [-0.05, 0) is 62.2 Å². The third-order valence-electron chi connectivity index (χ3n) is 4.03. The molecule has 0 spiro atoms. The van der Waals surface area contributed by atoms with Gasteiger partial charge in [0.15, 0.2) is 0 Å². The fourth-order valence-corrected chi connectivity index (χ4v) is 2.50. The predicted molar refractivity (Wildman–Crippen MR) is 109 cm³/mol. The van der Waals surface area contributed by atoms with Gasteiger partial charge in [-0.2, -0.15) is 0 Å². The molecule has 0 saturated heterocycles. The summed E-state index contributed by atoms with van der Waals surface area (Å²) in [4.78, 5) is 35.8. The van der Waals surface area contributed by atoms with Gasteiger partial charge in [-0.15, -0.1) is 0 Å². The zero-order valence-electron chi connectivity index (χ0n) is 15.5. The highest BCUT2D eigenvalue weighted by molar-refractivity contribution is 6.05. The first kappa shape index (κ1) is 19.2. The maximum atomic E-state index is 12.4. The minimum atomic E-state index is -0.306. The lowest BCUT2D eigenvalue weighted by Crippen LogP contribution is -2.30. The van der Waals surface area contributed by atoms with Crippen molar-refractivity contribution in [2.75, 3.05) is 22.5 Å². The number of anilines is 3. The Balaban J connectivity index is 1.56. The Kier molecular flexibility index (Phi) is 6.11. The monoisotopic (exact) mass is 381 g/mol. The molecule has 1 aliphatic rings. The number of benzene rings is 2. The van der Waals surface area contributed by atoms with Crippen LogP contribution in [-0.2, 0) is 0 Å². The van der Waals surface area contributed by atoms with Crippen molar-refractivity contribution in [3.8, 4) is 0 Å². The zero-order valence-corrected chi connectivity index (χ0v) is 15.5. The molecule has 0 heterocycles. The normalized spacial score (nSPS) is 12.6. The van der Waals surface area contributed by atoms with Crippen LogP contribution >= 0.6 is 0 Å². The number of hydrogen-bond donors (Lipinski definition) is 5. The summed E-state index contributed by atoms with van der Waals surface area (Å²) in [5.41, 5.74) is 2.20. The molecule has 8 heteroatoms. The van der Waals surface area contributed by atoms with Crippen molar-refractivity contribution in [2.24, 2.45) is 0 Å². The van der Waals surface area contributed by atoms with E-state index in [4.69, 9.17) is 0 Å². The molecule has 2 aromatic carbocycles. The standard InChI is InChI=1S/C20H23N5O3/c1-2-21-19(27)25-17-5-3-4-16(12-17)22-18(26)13-6-8-14(9-7-13)23-20(28)24-15-10-11-15/h3-9,12,15H,2,10-11H2,1H3,(H,22,26)(H2,21,25,27)(H2,23,24,28). The number of rotatable bonds is 6. The molecule has 0 radical (unpaired) electrons. The largest absolute Gasteiger partial charge is 0.338 e. The second-order valence-corrected chi connectivity index (χ2v) is 6.47. The van der Waals surface area contributed by atoms with Gasteiger partial charge < -0.3 is 26.6 Å². The van der Waals surface area contributed by atoms with E-state index in [0.717, 1.165) is 12.8 Å². The maximum absolute atomic E-state index is 12.4. The van der Waals surface area contributed by atoms with Crippen LogP contribution in [0.3, 0.4) is 0 Å². The van der Waals surface area contributed by atoms with E-state index in [1.807, 2.05) is 6.92 Å². The second kappa shape index (κ2) is 8.90. The van der Waals surface area contributed by atoms with Crippen molar-refractivity contribution in [2.45, 2.75) is 25.8 Å². The summed E-state index contributed by atoms with van der Waals surface area (Å²) in [5.74, 6) is -0.288. The van der Waals surface area contributed by atoms with Gasteiger partial charge in [0.1, 0.15) is 0 Å². The third kappa shape index (κ3) is 5.73. The van der Waals surface area contributed by atoms with Crippen LogP contribution in [0.2, 0.25) is 0 Å². The smallest absolute Gasteiger partial charge is 0.319 e. The molecule has 1 fully saturated rings. The summed E-state index contributed by atoms with van der Waals surface area (Å²) < 4.78 is 0. The van der Waals surface area contributed by atoms with Gasteiger partial charge in [0.2, 0.25) is 0 Å². The summed E-state index contributed by atoms with van der Waals surface area (Å²) in [5, 5.41) is 13.7. The summed E-state index contributed by atoms with van der Waals surface area (Å²) in [6.07, 6.45) is 2.04. The summed E-state index contributed by atoms with van der Waals surface area (Å²) >= 11 is 0. The van der Waals surface area contributed by atoms with E-state index in [1.165, 1.54) is 0 Å². The first-order valence-corrected chi connectivity index (χ1v) is 9.17. The van der Waals surface area contributed by atoms with E-state index in [0.29, 0.717) is 29.2 Å². The quantitative estimate of drug-likeness (QED) is 0.529. The van der Waals surface area contributed by atoms with Gasteiger partial charge in [0, 0.05) is 35.2 Å². The Hall–Kier alpha value is -3.55. The van der Waals surface area contributed by atoms with Crippen molar-refractivity contribution in [1.82, 2.24) is 10.6 Å². The highest BCUT2D eigenvalue weighted by Gasteiger charge is 2.23. The number of hydrogen-bond acceptors (Lipinski definition) is 3. The van der Waals surface area contributed by atoms with Crippen molar-refractivity contribution in [3.63, 3.8) is 0 Å². The van der Waals surface area contributed by atoms with Crippen molar-refractivity contribution < 1.29 is 14.4 Å². The van der Waals surface area contributed by atoms with Crippen LogP contribution in [0.1, 0.15) is 30.1 Å². The van der Waals surface area contributed by atoms with E-state index in [2.05, 4.69) is 26.6 Å².